The van der Waals surface area contributed by atoms with Crippen LogP contribution in [0.1, 0.15) is 33.2 Å². The number of hydrogen-bond acceptors (Lipinski definition) is 7. The van der Waals surface area contributed by atoms with Crippen LogP contribution in [0.15, 0.2) is 94.9 Å². The molecule has 0 radical (unpaired) electrons. The third kappa shape index (κ3) is 7.80. The van der Waals surface area contributed by atoms with Crippen LogP contribution in [0, 0.1) is 0 Å². The van der Waals surface area contributed by atoms with Crippen molar-refractivity contribution in [2.75, 3.05) is 11.3 Å². The molecule has 0 saturated carbocycles. The van der Waals surface area contributed by atoms with Crippen molar-refractivity contribution in [3.8, 4) is 11.5 Å². The van der Waals surface area contributed by atoms with Crippen LogP contribution in [-0.2, 0) is 10.0 Å². The van der Waals surface area contributed by atoms with Crippen molar-refractivity contribution >= 4 is 68.6 Å². The fourth-order valence-corrected chi connectivity index (χ4v) is 5.27. The molecule has 1 amide bonds. The van der Waals surface area contributed by atoms with Crippen molar-refractivity contribution in [1.29, 1.82) is 0 Å². The molecule has 0 unspecified atom stereocenters. The van der Waals surface area contributed by atoms with Crippen LogP contribution < -0.4 is 19.6 Å². The number of esters is 1. The fourth-order valence-electron chi connectivity index (χ4n) is 3.58. The van der Waals surface area contributed by atoms with Crippen molar-refractivity contribution in [2.24, 2.45) is 5.10 Å². The molecular formula is C29H22Cl3N3O6S. The second kappa shape index (κ2) is 13.7. The Morgan fingerprint density at radius 2 is 1.57 bits per heavy atom. The summed E-state index contributed by atoms with van der Waals surface area (Å²) < 4.78 is 39.1. The van der Waals surface area contributed by atoms with Gasteiger partial charge in [-0.05, 0) is 85.3 Å². The van der Waals surface area contributed by atoms with Gasteiger partial charge < -0.3 is 9.47 Å². The summed E-state index contributed by atoms with van der Waals surface area (Å²) in [6.07, 6.45) is 1.35. The van der Waals surface area contributed by atoms with Gasteiger partial charge in [-0.15, -0.1) is 0 Å². The number of para-hydroxylation sites is 1. The van der Waals surface area contributed by atoms with Gasteiger partial charge in [-0.3, -0.25) is 9.52 Å². The maximum Gasteiger partial charge on any atom is 0.345 e. The lowest BCUT2D eigenvalue weighted by Gasteiger charge is -2.12. The molecule has 0 bridgehead atoms. The summed E-state index contributed by atoms with van der Waals surface area (Å²) in [6.45, 7) is 2.05. The zero-order chi connectivity index (χ0) is 30.3. The number of anilines is 1. The number of carbonyl (C=O) groups excluding carboxylic acids is 2. The van der Waals surface area contributed by atoms with E-state index in [2.05, 4.69) is 15.2 Å². The molecule has 0 aliphatic rings. The summed E-state index contributed by atoms with van der Waals surface area (Å²) in [5, 5.41) is 4.88. The number of hydrogen-bond donors (Lipinski definition) is 2. The van der Waals surface area contributed by atoms with E-state index in [1.807, 2.05) is 0 Å². The Balaban J connectivity index is 1.47. The number of rotatable bonds is 10. The highest BCUT2D eigenvalue weighted by molar-refractivity contribution is 7.92. The molecule has 2 N–H and O–H groups in total. The van der Waals surface area contributed by atoms with Crippen LogP contribution in [0.2, 0.25) is 15.1 Å². The Morgan fingerprint density at radius 1 is 0.857 bits per heavy atom. The SMILES string of the molecule is CCOc1cc(C=NNC(=O)c2ccccc2NS(=O)(=O)c2ccc(Cl)cc2)ccc1OC(=O)c1ccc(Cl)cc1Cl. The van der Waals surface area contributed by atoms with Crippen molar-refractivity contribution in [3.05, 3.63) is 117 Å². The number of hydrazone groups is 1. The summed E-state index contributed by atoms with van der Waals surface area (Å²) in [5.41, 5.74) is 3.13. The predicted octanol–water partition coefficient (Wildman–Crippen LogP) is 6.83. The number of sulfonamides is 1. The molecule has 4 aromatic carbocycles. The Morgan fingerprint density at radius 3 is 2.29 bits per heavy atom. The first-order valence-electron chi connectivity index (χ1n) is 12.2. The molecular weight excluding hydrogens is 625 g/mol. The Bertz CT molecular complexity index is 1760. The molecule has 0 atom stereocenters. The van der Waals surface area contributed by atoms with Gasteiger partial charge in [-0.25, -0.2) is 18.6 Å². The van der Waals surface area contributed by atoms with Crippen LogP contribution >= 0.6 is 34.8 Å². The number of ether oxygens (including phenoxy) is 2. The fraction of sp³-hybridized carbons (Fsp3) is 0.0690. The molecule has 13 heteroatoms. The molecule has 0 heterocycles. The van der Waals surface area contributed by atoms with Gasteiger partial charge in [0.15, 0.2) is 11.5 Å². The predicted molar refractivity (Wildman–Crippen MR) is 163 cm³/mol. The average molecular weight is 647 g/mol. The molecule has 42 heavy (non-hydrogen) atoms. The van der Waals surface area contributed by atoms with Crippen LogP contribution in [0.25, 0.3) is 0 Å². The van der Waals surface area contributed by atoms with Gasteiger partial charge in [0.2, 0.25) is 0 Å². The molecule has 0 aliphatic heterocycles. The van der Waals surface area contributed by atoms with E-state index in [1.54, 1.807) is 31.2 Å². The molecule has 0 fully saturated rings. The molecule has 4 rings (SSSR count). The second-order valence-electron chi connectivity index (χ2n) is 8.46. The lowest BCUT2D eigenvalue weighted by molar-refractivity contribution is 0.0728. The number of nitrogens with zero attached hydrogens (tertiary/aromatic N) is 1. The smallest absolute Gasteiger partial charge is 0.345 e. The van der Waals surface area contributed by atoms with E-state index in [1.165, 1.54) is 66.9 Å². The monoisotopic (exact) mass is 645 g/mol. The maximum absolute atomic E-state index is 12.9. The van der Waals surface area contributed by atoms with Gasteiger partial charge in [-0.2, -0.15) is 5.10 Å². The standard InChI is InChI=1S/C29H22Cl3N3O6S/c1-2-40-27-15-18(7-14-26(27)41-29(37)22-13-10-20(31)16-24(22)32)17-33-34-28(36)23-5-3-4-6-25(23)35-42(38,39)21-11-8-19(30)9-12-21/h3-17,35H,2H2,1H3,(H,34,36). The third-order valence-corrected chi connectivity index (χ3v) is 7.72. The Hall–Kier alpha value is -4.09. The summed E-state index contributed by atoms with van der Waals surface area (Å²) in [6, 6.07) is 20.8. The van der Waals surface area contributed by atoms with E-state index < -0.39 is 21.9 Å². The second-order valence-corrected chi connectivity index (χ2v) is 11.4. The van der Waals surface area contributed by atoms with E-state index in [9.17, 15) is 18.0 Å². The zero-order valence-corrected chi connectivity index (χ0v) is 24.9. The third-order valence-electron chi connectivity index (χ3n) is 5.54. The van der Waals surface area contributed by atoms with E-state index >= 15 is 0 Å². The summed E-state index contributed by atoms with van der Waals surface area (Å²) in [4.78, 5) is 25.5. The van der Waals surface area contributed by atoms with Gasteiger partial charge in [0.1, 0.15) is 0 Å². The average Bonchev–Trinajstić information content (AvgIpc) is 2.94. The molecule has 0 aromatic heterocycles. The number of carbonyl (C=O) groups is 2. The highest BCUT2D eigenvalue weighted by atomic mass is 35.5. The first-order chi connectivity index (χ1) is 20.1. The van der Waals surface area contributed by atoms with Crippen molar-refractivity contribution in [1.82, 2.24) is 5.43 Å². The summed E-state index contributed by atoms with van der Waals surface area (Å²) in [7, 11) is -3.98. The first kappa shape index (κ1) is 30.9. The van der Waals surface area contributed by atoms with Crippen molar-refractivity contribution in [2.45, 2.75) is 11.8 Å². The molecule has 216 valence electrons. The highest BCUT2D eigenvalue weighted by Gasteiger charge is 2.19. The van der Waals surface area contributed by atoms with E-state index in [-0.39, 0.29) is 44.8 Å². The number of amides is 1. The zero-order valence-electron chi connectivity index (χ0n) is 21.8. The lowest BCUT2D eigenvalue weighted by atomic mass is 10.2. The number of nitrogens with one attached hydrogen (secondary N) is 2. The minimum absolute atomic E-state index is 0.0179. The largest absolute Gasteiger partial charge is 0.490 e. The molecule has 0 saturated heterocycles. The van der Waals surface area contributed by atoms with E-state index in [0.29, 0.717) is 15.6 Å². The highest BCUT2D eigenvalue weighted by Crippen LogP contribution is 2.30. The van der Waals surface area contributed by atoms with Crippen LogP contribution in [0.5, 0.6) is 11.5 Å². The Labute approximate surface area is 257 Å². The van der Waals surface area contributed by atoms with Gasteiger partial charge in [0.25, 0.3) is 15.9 Å². The van der Waals surface area contributed by atoms with Crippen LogP contribution in [0.3, 0.4) is 0 Å². The first-order valence-corrected chi connectivity index (χ1v) is 14.8. The molecule has 4 aromatic rings. The van der Waals surface area contributed by atoms with Crippen molar-refractivity contribution in [3.63, 3.8) is 0 Å². The number of halogens is 3. The van der Waals surface area contributed by atoms with Gasteiger partial charge >= 0.3 is 5.97 Å². The van der Waals surface area contributed by atoms with E-state index in [0.717, 1.165) is 0 Å². The van der Waals surface area contributed by atoms with Crippen molar-refractivity contribution < 1.29 is 27.5 Å². The topological polar surface area (TPSA) is 123 Å². The molecule has 0 aliphatic carbocycles. The number of benzene rings is 4. The van der Waals surface area contributed by atoms with Gasteiger partial charge in [0.05, 0.1) is 39.6 Å². The van der Waals surface area contributed by atoms with E-state index in [4.69, 9.17) is 44.3 Å². The van der Waals surface area contributed by atoms with Gasteiger partial charge in [0, 0.05) is 10.0 Å². The minimum Gasteiger partial charge on any atom is -0.490 e. The van der Waals surface area contributed by atoms with Gasteiger partial charge in [-0.1, -0.05) is 46.9 Å². The lowest BCUT2D eigenvalue weighted by Crippen LogP contribution is -2.21. The van der Waals surface area contributed by atoms with Crippen LogP contribution in [0.4, 0.5) is 5.69 Å². The Kier molecular flexibility index (Phi) is 10.1. The molecule has 9 nitrogen and oxygen atoms in total. The summed E-state index contributed by atoms with van der Waals surface area (Å²) >= 11 is 17.9. The molecule has 0 spiro atoms. The normalized spacial score (nSPS) is 11.2. The summed E-state index contributed by atoms with van der Waals surface area (Å²) in [5.74, 6) is -0.947. The van der Waals surface area contributed by atoms with Crippen LogP contribution in [-0.4, -0.2) is 33.1 Å². The maximum atomic E-state index is 12.9. The quantitative estimate of drug-likeness (QED) is 0.0843. The minimum atomic E-state index is -3.98.